The van der Waals surface area contributed by atoms with Crippen molar-refractivity contribution in [2.45, 2.75) is 115 Å². The second kappa shape index (κ2) is 6.56. The highest BCUT2D eigenvalue weighted by molar-refractivity contribution is 5.32. The quantitative estimate of drug-likeness (QED) is 0.474. The SMILES string of the molecule is CC(C)=CCC(C)C1CCC2C1(C)CCC1C23OC3C(O)C2(O)CC(O)CCC12C. The van der Waals surface area contributed by atoms with Crippen molar-refractivity contribution in [1.29, 1.82) is 0 Å². The topological polar surface area (TPSA) is 73.2 Å². The van der Waals surface area contributed by atoms with Gasteiger partial charge in [0.2, 0.25) is 0 Å². The number of allylic oxidation sites excluding steroid dienone is 2. The standard InChI is InChI=1S/C26H42O4/c1-15(2)6-7-16(3)18-8-9-19-23(18,4)12-11-20-24(5)13-10-17(27)14-25(24,29)21(28)22-26(19,20)30-22/h6,16-22,27-29H,7-14H2,1-5H3. The summed E-state index contributed by atoms with van der Waals surface area (Å²) in [5.41, 5.74) is -0.231. The lowest BCUT2D eigenvalue weighted by molar-refractivity contribution is -0.246. The van der Waals surface area contributed by atoms with Crippen LogP contribution in [0.4, 0.5) is 0 Å². The Bertz CT molecular complexity index is 745. The molecule has 0 amide bonds. The number of rotatable bonds is 3. The molecule has 1 saturated heterocycles. The molecule has 5 rings (SSSR count). The number of hydrogen-bond donors (Lipinski definition) is 3. The molecular formula is C26H42O4. The number of aliphatic hydroxyl groups excluding tert-OH is 2. The first-order valence-electron chi connectivity index (χ1n) is 12.4. The van der Waals surface area contributed by atoms with E-state index in [1.165, 1.54) is 24.8 Å². The van der Waals surface area contributed by atoms with E-state index in [2.05, 4.69) is 40.7 Å². The molecule has 3 N–H and O–H groups in total. The van der Waals surface area contributed by atoms with Gasteiger partial charge < -0.3 is 20.1 Å². The summed E-state index contributed by atoms with van der Waals surface area (Å²) in [5, 5.41) is 33.3. The summed E-state index contributed by atoms with van der Waals surface area (Å²) in [7, 11) is 0. The first-order valence-corrected chi connectivity index (χ1v) is 12.4. The van der Waals surface area contributed by atoms with Gasteiger partial charge >= 0.3 is 0 Å². The van der Waals surface area contributed by atoms with Crippen LogP contribution >= 0.6 is 0 Å². The lowest BCUT2D eigenvalue weighted by atomic mass is 9.42. The summed E-state index contributed by atoms with van der Waals surface area (Å²) >= 11 is 0. The van der Waals surface area contributed by atoms with E-state index in [1.807, 2.05) is 0 Å². The Morgan fingerprint density at radius 3 is 2.50 bits per heavy atom. The molecule has 11 atom stereocenters. The summed E-state index contributed by atoms with van der Waals surface area (Å²) in [4.78, 5) is 0. The zero-order chi connectivity index (χ0) is 21.7. The van der Waals surface area contributed by atoms with Crippen molar-refractivity contribution in [3.63, 3.8) is 0 Å². The van der Waals surface area contributed by atoms with Crippen molar-refractivity contribution in [2.24, 2.45) is 34.5 Å². The Morgan fingerprint density at radius 2 is 1.80 bits per heavy atom. The number of ether oxygens (including phenoxy) is 1. The van der Waals surface area contributed by atoms with Crippen LogP contribution in [0, 0.1) is 34.5 Å². The predicted octanol–water partition coefficient (Wildman–Crippen LogP) is 4.22. The zero-order valence-corrected chi connectivity index (χ0v) is 19.5. The van der Waals surface area contributed by atoms with Crippen molar-refractivity contribution in [3.8, 4) is 0 Å². The largest absolute Gasteiger partial charge is 0.393 e. The molecule has 0 aromatic rings. The first-order chi connectivity index (χ1) is 14.0. The average Bonchev–Trinajstić information content (AvgIpc) is 3.28. The molecule has 4 aliphatic carbocycles. The molecule has 0 aromatic carbocycles. The highest BCUT2D eigenvalue weighted by atomic mass is 16.6. The minimum absolute atomic E-state index is 0.250. The third-order valence-corrected chi connectivity index (χ3v) is 10.9. The van der Waals surface area contributed by atoms with E-state index in [-0.39, 0.29) is 34.9 Å². The van der Waals surface area contributed by atoms with Gasteiger partial charge in [-0.15, -0.1) is 0 Å². The van der Waals surface area contributed by atoms with Gasteiger partial charge in [-0.1, -0.05) is 32.4 Å². The summed E-state index contributed by atoms with van der Waals surface area (Å²) in [5.74, 6) is 2.10. The van der Waals surface area contributed by atoms with Crippen LogP contribution < -0.4 is 0 Å². The number of fused-ring (bicyclic) bond motifs is 3. The van der Waals surface area contributed by atoms with Gasteiger partial charge in [-0.05, 0) is 87.9 Å². The molecule has 0 bridgehead atoms. The second-order valence-electron chi connectivity index (χ2n) is 12.4. The lowest BCUT2D eigenvalue weighted by Crippen LogP contribution is -2.72. The molecule has 5 aliphatic rings. The van der Waals surface area contributed by atoms with Gasteiger partial charge in [0.15, 0.2) is 0 Å². The second-order valence-corrected chi connectivity index (χ2v) is 12.4. The fourth-order valence-corrected chi connectivity index (χ4v) is 9.25. The van der Waals surface area contributed by atoms with Gasteiger partial charge in [0, 0.05) is 11.8 Å². The minimum atomic E-state index is -1.23. The molecule has 170 valence electrons. The summed E-state index contributed by atoms with van der Waals surface area (Å²) in [6.45, 7) is 11.5. The summed E-state index contributed by atoms with van der Waals surface area (Å²) in [6.07, 6.45) is 8.31. The van der Waals surface area contributed by atoms with Crippen molar-refractivity contribution in [2.75, 3.05) is 0 Å². The molecule has 4 saturated carbocycles. The molecule has 1 spiro atoms. The molecule has 30 heavy (non-hydrogen) atoms. The summed E-state index contributed by atoms with van der Waals surface area (Å²) < 4.78 is 6.54. The smallest absolute Gasteiger partial charge is 0.117 e. The van der Waals surface area contributed by atoms with Gasteiger partial charge in [-0.25, -0.2) is 0 Å². The lowest BCUT2D eigenvalue weighted by Gasteiger charge is -2.63. The Morgan fingerprint density at radius 1 is 1.07 bits per heavy atom. The van der Waals surface area contributed by atoms with Crippen LogP contribution in [-0.2, 0) is 4.74 Å². The molecule has 4 nitrogen and oxygen atoms in total. The van der Waals surface area contributed by atoms with E-state index in [1.54, 1.807) is 0 Å². The maximum atomic E-state index is 11.7. The maximum absolute atomic E-state index is 11.7. The average molecular weight is 419 g/mol. The van der Waals surface area contributed by atoms with Crippen molar-refractivity contribution in [3.05, 3.63) is 11.6 Å². The molecule has 1 heterocycles. The number of epoxide rings is 1. The van der Waals surface area contributed by atoms with Crippen LogP contribution in [-0.4, -0.2) is 44.8 Å². The number of aliphatic hydroxyl groups is 3. The van der Waals surface area contributed by atoms with Crippen molar-refractivity contribution >= 4 is 0 Å². The third-order valence-electron chi connectivity index (χ3n) is 10.9. The zero-order valence-electron chi connectivity index (χ0n) is 19.5. The van der Waals surface area contributed by atoms with Crippen molar-refractivity contribution < 1.29 is 20.1 Å². The van der Waals surface area contributed by atoms with Gasteiger partial charge in [0.1, 0.15) is 23.4 Å². The molecule has 11 unspecified atom stereocenters. The molecule has 1 aliphatic heterocycles. The molecular weight excluding hydrogens is 376 g/mol. The Kier molecular flexibility index (Phi) is 4.68. The van der Waals surface area contributed by atoms with Gasteiger partial charge in [-0.2, -0.15) is 0 Å². The monoisotopic (exact) mass is 418 g/mol. The van der Waals surface area contributed by atoms with Crippen LogP contribution in [0.5, 0.6) is 0 Å². The normalized spacial score (nSPS) is 57.5. The third kappa shape index (κ3) is 2.48. The van der Waals surface area contributed by atoms with Crippen LogP contribution in [0.1, 0.15) is 86.0 Å². The predicted molar refractivity (Wildman–Crippen MR) is 117 cm³/mol. The highest BCUT2D eigenvalue weighted by Crippen LogP contribution is 2.76. The maximum Gasteiger partial charge on any atom is 0.117 e. The van der Waals surface area contributed by atoms with Gasteiger partial charge in [0.05, 0.1) is 6.10 Å². The van der Waals surface area contributed by atoms with E-state index in [9.17, 15) is 15.3 Å². The van der Waals surface area contributed by atoms with Crippen LogP contribution in [0.2, 0.25) is 0 Å². The van der Waals surface area contributed by atoms with Crippen LogP contribution in [0.3, 0.4) is 0 Å². The Labute approximate surface area is 182 Å². The molecule has 0 aromatic heterocycles. The van der Waals surface area contributed by atoms with E-state index in [0.717, 1.165) is 19.3 Å². The van der Waals surface area contributed by atoms with E-state index in [0.29, 0.717) is 24.2 Å². The Balaban J connectivity index is 1.48. The molecule has 4 heteroatoms. The number of hydrogen-bond acceptors (Lipinski definition) is 4. The molecule has 0 radical (unpaired) electrons. The molecule has 5 fully saturated rings. The fourth-order valence-electron chi connectivity index (χ4n) is 9.25. The van der Waals surface area contributed by atoms with Crippen LogP contribution in [0.15, 0.2) is 11.6 Å². The van der Waals surface area contributed by atoms with E-state index >= 15 is 0 Å². The van der Waals surface area contributed by atoms with E-state index < -0.39 is 17.8 Å². The van der Waals surface area contributed by atoms with Crippen LogP contribution in [0.25, 0.3) is 0 Å². The first kappa shape index (κ1) is 21.4. The van der Waals surface area contributed by atoms with E-state index in [4.69, 9.17) is 4.74 Å². The van der Waals surface area contributed by atoms with Gasteiger partial charge in [0.25, 0.3) is 0 Å². The highest BCUT2D eigenvalue weighted by Gasteiger charge is 2.84. The van der Waals surface area contributed by atoms with Gasteiger partial charge in [-0.3, -0.25) is 0 Å². The van der Waals surface area contributed by atoms with Crippen molar-refractivity contribution in [1.82, 2.24) is 0 Å². The fraction of sp³-hybridized carbons (Fsp3) is 0.923. The Hall–Kier alpha value is -0.420. The summed E-state index contributed by atoms with van der Waals surface area (Å²) in [6, 6.07) is 0. The minimum Gasteiger partial charge on any atom is -0.393 e.